The Kier molecular flexibility index (Phi) is 8.41. The van der Waals surface area contributed by atoms with Crippen LogP contribution in [0.1, 0.15) is 33.4 Å². The van der Waals surface area contributed by atoms with Gasteiger partial charge in [0.05, 0.1) is 0 Å². The summed E-state index contributed by atoms with van der Waals surface area (Å²) in [7, 11) is 0. The third kappa shape index (κ3) is 6.02. The number of aryl methyl sites for hydroxylation is 6. The lowest BCUT2D eigenvalue weighted by Crippen LogP contribution is -2.55. The van der Waals surface area contributed by atoms with E-state index < -0.39 is 0 Å². The molecule has 0 N–H and O–H groups in total. The summed E-state index contributed by atoms with van der Waals surface area (Å²) in [6, 6.07) is 45.7. The molecule has 1 heterocycles. The van der Waals surface area contributed by atoms with Crippen LogP contribution < -0.4 is 21.3 Å². The van der Waals surface area contributed by atoms with Gasteiger partial charge in [0.2, 0.25) is 6.71 Å². The number of aromatic nitrogens is 2. The fraction of sp³-hybridized carbons (Fsp3) is 0.136. The summed E-state index contributed by atoms with van der Waals surface area (Å²) in [6.45, 7) is 13.5. The molecule has 0 aliphatic rings. The Bertz CT molecular complexity index is 2150. The van der Waals surface area contributed by atoms with E-state index in [2.05, 4.69) is 155 Å². The van der Waals surface area contributed by atoms with Crippen LogP contribution in [0.3, 0.4) is 0 Å². The third-order valence-corrected chi connectivity index (χ3v) is 9.43. The van der Waals surface area contributed by atoms with Crippen LogP contribution in [-0.4, -0.2) is 16.7 Å². The van der Waals surface area contributed by atoms with Crippen LogP contribution in [0.2, 0.25) is 0 Å². The first kappa shape index (κ1) is 31.1. The molecular formula is C44H40BN3. The van der Waals surface area contributed by atoms with Gasteiger partial charge in [0.25, 0.3) is 0 Å². The van der Waals surface area contributed by atoms with Crippen LogP contribution in [0.25, 0.3) is 22.2 Å². The number of nitrogens with zero attached hydrogens (tertiary/aromatic N) is 3. The second-order valence-corrected chi connectivity index (χ2v) is 13.1. The van der Waals surface area contributed by atoms with E-state index in [0.717, 1.165) is 22.8 Å². The van der Waals surface area contributed by atoms with Crippen LogP contribution >= 0.6 is 0 Å². The Morgan fingerprint density at radius 1 is 0.500 bits per heavy atom. The molecule has 48 heavy (non-hydrogen) atoms. The van der Waals surface area contributed by atoms with E-state index in [1.807, 2.05) is 30.5 Å². The van der Waals surface area contributed by atoms with Crippen LogP contribution in [0.4, 0.5) is 17.2 Å². The Hall–Kier alpha value is -5.48. The maximum Gasteiger partial charge on any atom is 0.242 e. The highest BCUT2D eigenvalue weighted by atomic mass is 15.2. The van der Waals surface area contributed by atoms with Crippen molar-refractivity contribution < 1.29 is 0 Å². The minimum absolute atomic E-state index is 0.109. The van der Waals surface area contributed by atoms with Crippen molar-refractivity contribution in [3.63, 3.8) is 0 Å². The quantitative estimate of drug-likeness (QED) is 0.166. The van der Waals surface area contributed by atoms with Crippen molar-refractivity contribution in [3.8, 4) is 11.4 Å². The molecule has 0 radical (unpaired) electrons. The largest absolute Gasteiger partial charge is 0.295 e. The molecule has 3 nitrogen and oxygen atoms in total. The van der Waals surface area contributed by atoms with Gasteiger partial charge >= 0.3 is 0 Å². The Morgan fingerprint density at radius 2 is 1.04 bits per heavy atom. The van der Waals surface area contributed by atoms with E-state index in [9.17, 15) is 0 Å². The van der Waals surface area contributed by atoms with E-state index in [4.69, 9.17) is 4.98 Å². The fourth-order valence-corrected chi connectivity index (χ4v) is 7.52. The molecule has 0 fully saturated rings. The third-order valence-electron chi connectivity index (χ3n) is 9.43. The summed E-state index contributed by atoms with van der Waals surface area (Å²) >= 11 is 0. The topological polar surface area (TPSA) is 29.0 Å². The monoisotopic (exact) mass is 621 g/mol. The number of hydrogen-bond acceptors (Lipinski definition) is 3. The maximum absolute atomic E-state index is 5.11. The predicted octanol–water partition coefficient (Wildman–Crippen LogP) is 9.13. The fourth-order valence-electron chi connectivity index (χ4n) is 7.52. The second kappa shape index (κ2) is 13.0. The van der Waals surface area contributed by atoms with Crippen molar-refractivity contribution >= 4 is 51.1 Å². The molecule has 0 amide bonds. The molecule has 7 aromatic rings. The van der Waals surface area contributed by atoms with E-state index >= 15 is 0 Å². The average molecular weight is 622 g/mol. The molecule has 0 aliphatic heterocycles. The van der Waals surface area contributed by atoms with Gasteiger partial charge in [0.15, 0.2) is 5.82 Å². The lowest BCUT2D eigenvalue weighted by Gasteiger charge is -2.27. The van der Waals surface area contributed by atoms with Crippen LogP contribution in [-0.2, 0) is 0 Å². The number of rotatable bonds is 7. The van der Waals surface area contributed by atoms with Crippen molar-refractivity contribution in [2.45, 2.75) is 41.5 Å². The van der Waals surface area contributed by atoms with Gasteiger partial charge in [0.1, 0.15) is 5.82 Å². The summed E-state index contributed by atoms with van der Waals surface area (Å²) in [4.78, 5) is 12.0. The van der Waals surface area contributed by atoms with Crippen LogP contribution in [0.5, 0.6) is 0 Å². The van der Waals surface area contributed by atoms with Gasteiger partial charge in [0, 0.05) is 23.1 Å². The standard InChI is InChI=1S/C44H40BN3/c1-29-24-31(3)42(32(4)25-29)45(43-33(5)26-30(2)27-34(43)6)38-17-20-39(21-18-38)48(40-19-16-35-12-10-11-15-37(35)28-40)41-22-23-46-44(47-41)36-13-8-7-9-14-36/h7-28H,1-6H3. The van der Waals surface area contributed by atoms with Gasteiger partial charge < -0.3 is 0 Å². The van der Waals surface area contributed by atoms with Gasteiger partial charge in [-0.15, -0.1) is 0 Å². The van der Waals surface area contributed by atoms with Crippen molar-refractivity contribution in [2.75, 3.05) is 4.90 Å². The normalized spacial score (nSPS) is 11.1. The molecule has 0 saturated carbocycles. The van der Waals surface area contributed by atoms with Crippen LogP contribution in [0, 0.1) is 41.5 Å². The van der Waals surface area contributed by atoms with E-state index in [0.29, 0.717) is 5.82 Å². The van der Waals surface area contributed by atoms with Crippen molar-refractivity contribution in [2.24, 2.45) is 0 Å². The molecule has 1 aromatic heterocycles. The molecule has 0 aliphatic carbocycles. The van der Waals surface area contributed by atoms with Crippen molar-refractivity contribution in [1.29, 1.82) is 0 Å². The second-order valence-electron chi connectivity index (χ2n) is 13.1. The van der Waals surface area contributed by atoms with Gasteiger partial charge in [-0.1, -0.05) is 147 Å². The molecule has 4 heteroatoms. The van der Waals surface area contributed by atoms with E-state index in [1.165, 1.54) is 60.5 Å². The summed E-state index contributed by atoms with van der Waals surface area (Å²) in [5.41, 5.74) is 15.0. The van der Waals surface area contributed by atoms with Gasteiger partial charge in [-0.3, -0.25) is 4.90 Å². The van der Waals surface area contributed by atoms with Crippen LogP contribution in [0.15, 0.2) is 134 Å². The smallest absolute Gasteiger partial charge is 0.242 e. The number of benzene rings is 6. The van der Waals surface area contributed by atoms with E-state index in [-0.39, 0.29) is 6.71 Å². The van der Waals surface area contributed by atoms with Gasteiger partial charge in [-0.2, -0.15) is 0 Å². The Labute approximate surface area is 285 Å². The first-order valence-electron chi connectivity index (χ1n) is 16.7. The number of fused-ring (bicyclic) bond motifs is 1. The maximum atomic E-state index is 5.11. The Morgan fingerprint density at radius 3 is 1.65 bits per heavy atom. The highest BCUT2D eigenvalue weighted by molar-refractivity contribution is 6.96. The lowest BCUT2D eigenvalue weighted by molar-refractivity contribution is 1.12. The first-order chi connectivity index (χ1) is 23.3. The molecule has 0 saturated heterocycles. The number of hydrogen-bond donors (Lipinski definition) is 0. The molecule has 0 unspecified atom stereocenters. The summed E-state index contributed by atoms with van der Waals surface area (Å²) in [5.74, 6) is 1.52. The average Bonchev–Trinajstić information content (AvgIpc) is 3.08. The molecule has 0 bridgehead atoms. The molecule has 0 spiro atoms. The molecule has 234 valence electrons. The summed E-state index contributed by atoms with van der Waals surface area (Å²) < 4.78 is 0. The highest BCUT2D eigenvalue weighted by Crippen LogP contribution is 2.35. The summed E-state index contributed by atoms with van der Waals surface area (Å²) in [6.07, 6.45) is 1.86. The summed E-state index contributed by atoms with van der Waals surface area (Å²) in [5, 5.41) is 2.39. The van der Waals surface area contributed by atoms with Gasteiger partial charge in [-0.25, -0.2) is 9.97 Å². The van der Waals surface area contributed by atoms with E-state index in [1.54, 1.807) is 0 Å². The minimum atomic E-state index is 0.109. The SMILES string of the molecule is Cc1cc(C)c(B(c2ccc(N(c3ccc4ccccc4c3)c3ccnc(-c4ccccc4)n3)cc2)c2c(C)cc(C)cc2C)c(C)c1. The minimum Gasteiger partial charge on any atom is -0.295 e. The molecular weight excluding hydrogens is 581 g/mol. The zero-order valence-electron chi connectivity index (χ0n) is 28.6. The predicted molar refractivity (Wildman–Crippen MR) is 206 cm³/mol. The molecule has 0 atom stereocenters. The first-order valence-corrected chi connectivity index (χ1v) is 16.7. The Balaban J connectivity index is 1.39. The highest BCUT2D eigenvalue weighted by Gasteiger charge is 2.29. The van der Waals surface area contributed by atoms with Crippen molar-refractivity contribution in [3.05, 3.63) is 167 Å². The zero-order chi connectivity index (χ0) is 33.4. The zero-order valence-corrected chi connectivity index (χ0v) is 28.6. The van der Waals surface area contributed by atoms with Crippen molar-refractivity contribution in [1.82, 2.24) is 9.97 Å². The molecule has 6 aromatic carbocycles. The molecule has 7 rings (SSSR count). The lowest BCUT2D eigenvalue weighted by atomic mass is 9.34. The number of anilines is 3. The van der Waals surface area contributed by atoms with Gasteiger partial charge in [-0.05, 0) is 82.6 Å².